The molecular weight excluding hydrogens is 336 g/mol. The summed E-state index contributed by atoms with van der Waals surface area (Å²) < 4.78 is 33.6. The molecule has 1 aromatic carbocycles. The number of hydrogen-bond donors (Lipinski definition) is 1. The van der Waals surface area contributed by atoms with Gasteiger partial charge in [0.05, 0.1) is 31.9 Å². The molecule has 2 amide bonds. The molecule has 0 saturated carbocycles. The van der Waals surface area contributed by atoms with Crippen LogP contribution in [0.5, 0.6) is 0 Å². The lowest BCUT2D eigenvalue weighted by molar-refractivity contribution is -0.121. The van der Waals surface area contributed by atoms with Gasteiger partial charge in [-0.3, -0.25) is 14.5 Å². The van der Waals surface area contributed by atoms with Crippen LogP contribution in [0.1, 0.15) is 13.3 Å². The molecule has 2 aliphatic heterocycles. The highest BCUT2D eigenvalue weighted by molar-refractivity contribution is 5.96. The molecule has 2 fully saturated rings. The number of carbonyl (C=O) groups is 3. The van der Waals surface area contributed by atoms with Crippen molar-refractivity contribution < 1.29 is 27.9 Å². The monoisotopic (exact) mass is 353 g/mol. The smallest absolute Gasteiger partial charge is 0.414 e. The lowest BCUT2D eigenvalue weighted by Gasteiger charge is -2.32. The maximum absolute atomic E-state index is 14.3. The van der Waals surface area contributed by atoms with E-state index < -0.39 is 23.8 Å². The van der Waals surface area contributed by atoms with Gasteiger partial charge in [0.2, 0.25) is 5.91 Å². The first-order chi connectivity index (χ1) is 11.9. The number of halogens is 2. The number of hydrogen-bond acceptors (Lipinski definition) is 5. The number of benzene rings is 1. The van der Waals surface area contributed by atoms with Crippen LogP contribution >= 0.6 is 0 Å². The first kappa shape index (κ1) is 17.1. The molecule has 1 atom stereocenters. The second-order valence-electron chi connectivity index (χ2n) is 5.93. The Hall–Kier alpha value is -2.71. The van der Waals surface area contributed by atoms with E-state index in [1.54, 1.807) is 6.92 Å². The highest BCUT2D eigenvalue weighted by atomic mass is 19.1. The maximum atomic E-state index is 14.3. The highest BCUT2D eigenvalue weighted by Gasteiger charge is 2.35. The van der Waals surface area contributed by atoms with Crippen LogP contribution in [0.3, 0.4) is 0 Å². The average molecular weight is 353 g/mol. The van der Waals surface area contributed by atoms with Crippen molar-refractivity contribution in [3.05, 3.63) is 23.8 Å². The number of anilines is 2. The van der Waals surface area contributed by atoms with Gasteiger partial charge in [0.15, 0.2) is 17.4 Å². The minimum atomic E-state index is -0.849. The summed E-state index contributed by atoms with van der Waals surface area (Å²) >= 11 is 0. The molecule has 1 unspecified atom stereocenters. The van der Waals surface area contributed by atoms with Crippen LogP contribution in [0.4, 0.5) is 25.0 Å². The van der Waals surface area contributed by atoms with E-state index in [9.17, 15) is 23.2 Å². The fraction of sp³-hybridized carbons (Fsp3) is 0.438. The quantitative estimate of drug-likeness (QED) is 0.861. The van der Waals surface area contributed by atoms with E-state index in [4.69, 9.17) is 4.74 Å². The summed E-state index contributed by atoms with van der Waals surface area (Å²) in [4.78, 5) is 36.6. The minimum absolute atomic E-state index is 0.0277. The van der Waals surface area contributed by atoms with E-state index in [-0.39, 0.29) is 49.2 Å². The molecule has 2 aliphatic rings. The van der Waals surface area contributed by atoms with E-state index >= 15 is 0 Å². The molecule has 0 bridgehead atoms. The van der Waals surface area contributed by atoms with Gasteiger partial charge < -0.3 is 15.0 Å². The van der Waals surface area contributed by atoms with Crippen molar-refractivity contribution in [3.8, 4) is 0 Å². The largest absolute Gasteiger partial charge is 0.442 e. The summed E-state index contributed by atoms with van der Waals surface area (Å²) in [6.07, 6.45) is -1.02. The number of ether oxygens (including phenoxy) is 1. The van der Waals surface area contributed by atoms with Crippen LogP contribution in [-0.4, -0.2) is 50.1 Å². The molecule has 0 spiro atoms. The van der Waals surface area contributed by atoms with Gasteiger partial charge in [-0.25, -0.2) is 13.6 Å². The standard InChI is InChI=1S/C16H17F2N3O4/c1-2-14(23)19-5-11-8-21(16(24)25-11)9-3-12(17)15(13(18)4-9)20-6-10(22)7-20/h3-4,11H,2,5-8H2,1H3,(H,19,23). The van der Waals surface area contributed by atoms with Gasteiger partial charge >= 0.3 is 6.09 Å². The zero-order valence-electron chi connectivity index (χ0n) is 13.6. The first-order valence-corrected chi connectivity index (χ1v) is 7.89. The number of Topliss-reactive ketones (excluding diaryl/α,β-unsaturated/α-hetero) is 1. The molecular formula is C16H17F2N3O4. The van der Waals surface area contributed by atoms with E-state index in [0.717, 1.165) is 17.0 Å². The van der Waals surface area contributed by atoms with Crippen molar-refractivity contribution in [2.24, 2.45) is 0 Å². The predicted octanol–water partition coefficient (Wildman–Crippen LogP) is 1.21. The molecule has 1 N–H and O–H groups in total. The number of rotatable bonds is 5. The highest BCUT2D eigenvalue weighted by Crippen LogP contribution is 2.32. The van der Waals surface area contributed by atoms with Crippen molar-refractivity contribution in [2.45, 2.75) is 19.4 Å². The summed E-state index contributed by atoms with van der Waals surface area (Å²) in [5.41, 5.74) is -0.248. The molecule has 2 saturated heterocycles. The molecule has 0 aromatic heterocycles. The maximum Gasteiger partial charge on any atom is 0.414 e. The Bertz CT molecular complexity index is 709. The Morgan fingerprint density at radius 3 is 2.48 bits per heavy atom. The molecule has 1 aromatic rings. The number of nitrogens with zero attached hydrogens (tertiary/aromatic N) is 2. The van der Waals surface area contributed by atoms with E-state index in [2.05, 4.69) is 5.32 Å². The summed E-state index contributed by atoms with van der Waals surface area (Å²) in [5, 5.41) is 2.60. The summed E-state index contributed by atoms with van der Waals surface area (Å²) in [5.74, 6) is -1.97. The zero-order valence-corrected chi connectivity index (χ0v) is 13.6. The fourth-order valence-electron chi connectivity index (χ4n) is 2.74. The van der Waals surface area contributed by atoms with Crippen molar-refractivity contribution in [1.29, 1.82) is 0 Å². The predicted molar refractivity (Wildman–Crippen MR) is 84.5 cm³/mol. The second-order valence-corrected chi connectivity index (χ2v) is 5.93. The van der Waals surface area contributed by atoms with Crippen LogP contribution < -0.4 is 15.1 Å². The van der Waals surface area contributed by atoms with Gasteiger partial charge in [0.1, 0.15) is 11.8 Å². The van der Waals surface area contributed by atoms with Crippen LogP contribution in [0.25, 0.3) is 0 Å². The van der Waals surface area contributed by atoms with Gasteiger partial charge in [-0.15, -0.1) is 0 Å². The Morgan fingerprint density at radius 1 is 1.28 bits per heavy atom. The van der Waals surface area contributed by atoms with E-state index in [1.807, 2.05) is 0 Å². The lowest BCUT2D eigenvalue weighted by Crippen LogP contribution is -2.48. The molecule has 0 aliphatic carbocycles. The van der Waals surface area contributed by atoms with Crippen LogP contribution in [-0.2, 0) is 14.3 Å². The molecule has 9 heteroatoms. The Kier molecular flexibility index (Phi) is 4.56. The van der Waals surface area contributed by atoms with Crippen molar-refractivity contribution in [1.82, 2.24) is 5.32 Å². The fourth-order valence-corrected chi connectivity index (χ4v) is 2.74. The van der Waals surface area contributed by atoms with Crippen LogP contribution in [0.2, 0.25) is 0 Å². The third kappa shape index (κ3) is 3.40. The molecule has 7 nitrogen and oxygen atoms in total. The molecule has 0 radical (unpaired) electrons. The average Bonchev–Trinajstić information content (AvgIpc) is 2.91. The third-order valence-electron chi connectivity index (χ3n) is 4.09. The molecule has 134 valence electrons. The molecule has 3 rings (SSSR count). The summed E-state index contributed by atoms with van der Waals surface area (Å²) in [6, 6.07) is 2.07. The van der Waals surface area contributed by atoms with Gasteiger partial charge in [0.25, 0.3) is 0 Å². The van der Waals surface area contributed by atoms with Gasteiger partial charge in [-0.05, 0) is 0 Å². The van der Waals surface area contributed by atoms with Gasteiger partial charge in [-0.2, -0.15) is 0 Å². The number of carbonyl (C=O) groups excluding carboxylic acids is 3. The zero-order chi connectivity index (χ0) is 18.1. The second kappa shape index (κ2) is 6.66. The number of ketones is 1. The first-order valence-electron chi connectivity index (χ1n) is 7.89. The van der Waals surface area contributed by atoms with Crippen LogP contribution in [0, 0.1) is 11.6 Å². The number of cyclic esters (lactones) is 1. The topological polar surface area (TPSA) is 79.0 Å². The normalized spacial score (nSPS) is 19.7. The Morgan fingerprint density at radius 2 is 1.92 bits per heavy atom. The number of amides is 2. The lowest BCUT2D eigenvalue weighted by atomic mass is 10.1. The summed E-state index contributed by atoms with van der Waals surface area (Å²) in [7, 11) is 0. The minimum Gasteiger partial charge on any atom is -0.442 e. The van der Waals surface area contributed by atoms with E-state index in [1.165, 1.54) is 4.90 Å². The Balaban J connectivity index is 1.72. The SMILES string of the molecule is CCC(=O)NCC1CN(c2cc(F)c(N3CC(=O)C3)c(F)c2)C(=O)O1. The van der Waals surface area contributed by atoms with Crippen LogP contribution in [0.15, 0.2) is 12.1 Å². The van der Waals surface area contributed by atoms with Crippen molar-refractivity contribution >= 4 is 29.2 Å². The number of nitrogens with one attached hydrogen (secondary N) is 1. The van der Waals surface area contributed by atoms with Gasteiger partial charge in [0, 0.05) is 18.6 Å². The molecule has 2 heterocycles. The summed E-state index contributed by atoms with van der Waals surface area (Å²) in [6.45, 7) is 1.84. The van der Waals surface area contributed by atoms with Crippen molar-refractivity contribution in [3.63, 3.8) is 0 Å². The Labute approximate surface area is 142 Å². The van der Waals surface area contributed by atoms with E-state index in [0.29, 0.717) is 6.42 Å². The third-order valence-corrected chi connectivity index (χ3v) is 4.09. The van der Waals surface area contributed by atoms with Crippen molar-refractivity contribution in [2.75, 3.05) is 36.0 Å². The molecule has 25 heavy (non-hydrogen) atoms. The van der Waals surface area contributed by atoms with Gasteiger partial charge in [-0.1, -0.05) is 6.92 Å².